The molecule has 0 unspecified atom stereocenters. The Kier molecular flexibility index (Phi) is 6.25. The van der Waals surface area contributed by atoms with Crippen molar-refractivity contribution >= 4 is 34.7 Å². The third-order valence-corrected chi connectivity index (χ3v) is 5.43. The Morgan fingerprint density at radius 3 is 2.17 bits per heavy atom. The summed E-state index contributed by atoms with van der Waals surface area (Å²) in [4.78, 5) is 24.1. The van der Waals surface area contributed by atoms with Gasteiger partial charge < -0.3 is 10.1 Å². The SMILES string of the molecule is COC(=O)c1cc(Cl)n2c(-c3ccc(NC(=O)c4c(F)cccc4F)cc3)c(C(F)(F)F)cc2c1. The van der Waals surface area contributed by atoms with E-state index in [1.54, 1.807) is 0 Å². The van der Waals surface area contributed by atoms with Crippen LogP contribution in [0.3, 0.4) is 0 Å². The molecule has 5 nitrogen and oxygen atoms in total. The average molecular weight is 509 g/mol. The highest BCUT2D eigenvalue weighted by Gasteiger charge is 2.37. The molecule has 1 amide bonds. The molecule has 0 saturated heterocycles. The van der Waals surface area contributed by atoms with E-state index >= 15 is 0 Å². The van der Waals surface area contributed by atoms with Crippen molar-refractivity contribution < 1.29 is 36.3 Å². The van der Waals surface area contributed by atoms with Crippen LogP contribution in [0.5, 0.6) is 0 Å². The van der Waals surface area contributed by atoms with E-state index in [-0.39, 0.29) is 33.2 Å². The molecular formula is C24H14ClF5N2O3. The van der Waals surface area contributed by atoms with Gasteiger partial charge in [-0.1, -0.05) is 29.8 Å². The van der Waals surface area contributed by atoms with Gasteiger partial charge in [-0.15, -0.1) is 0 Å². The van der Waals surface area contributed by atoms with Crippen LogP contribution in [0.25, 0.3) is 16.8 Å². The number of hydrogen-bond donors (Lipinski definition) is 1. The Hall–Kier alpha value is -3.92. The summed E-state index contributed by atoms with van der Waals surface area (Å²) in [6, 6.07) is 11.3. The topological polar surface area (TPSA) is 59.8 Å². The first-order valence-corrected chi connectivity index (χ1v) is 10.3. The number of anilines is 1. The van der Waals surface area contributed by atoms with Gasteiger partial charge in [0.2, 0.25) is 0 Å². The van der Waals surface area contributed by atoms with E-state index in [4.69, 9.17) is 11.6 Å². The standard InChI is InChI=1S/C24H14ClF5N2O3/c1-35-23(34)13-9-15-11-16(24(28,29)30)21(32(15)19(25)10-13)12-5-7-14(8-6-12)31-22(33)20-17(26)3-2-4-18(20)27/h2-11H,1H3,(H,31,33). The van der Waals surface area contributed by atoms with Gasteiger partial charge in [-0.25, -0.2) is 13.6 Å². The zero-order valence-electron chi connectivity index (χ0n) is 17.7. The van der Waals surface area contributed by atoms with Gasteiger partial charge in [0, 0.05) is 11.2 Å². The zero-order valence-corrected chi connectivity index (χ0v) is 18.5. The lowest BCUT2D eigenvalue weighted by Crippen LogP contribution is -2.15. The van der Waals surface area contributed by atoms with Crippen LogP contribution in [0.4, 0.5) is 27.6 Å². The summed E-state index contributed by atoms with van der Waals surface area (Å²) in [5.74, 6) is -3.95. The number of hydrogen-bond acceptors (Lipinski definition) is 3. The third kappa shape index (κ3) is 4.57. The molecule has 4 aromatic rings. The monoisotopic (exact) mass is 508 g/mol. The number of ether oxygens (including phenoxy) is 1. The Morgan fingerprint density at radius 2 is 1.60 bits per heavy atom. The minimum Gasteiger partial charge on any atom is -0.465 e. The molecule has 0 radical (unpaired) electrons. The minimum absolute atomic E-state index is 0.00707. The molecule has 2 heterocycles. The summed E-state index contributed by atoms with van der Waals surface area (Å²) in [5, 5.41) is 2.14. The van der Waals surface area contributed by atoms with Crippen LogP contribution < -0.4 is 5.32 Å². The fourth-order valence-electron chi connectivity index (χ4n) is 3.62. The van der Waals surface area contributed by atoms with Crippen molar-refractivity contribution in [2.45, 2.75) is 6.18 Å². The maximum atomic E-state index is 13.9. The molecule has 0 bridgehead atoms. The number of fused-ring (bicyclic) bond motifs is 1. The van der Waals surface area contributed by atoms with Crippen LogP contribution >= 0.6 is 11.6 Å². The normalized spacial score (nSPS) is 11.5. The quantitative estimate of drug-likeness (QED) is 0.192. The first kappa shape index (κ1) is 24.2. The fraction of sp³-hybridized carbons (Fsp3) is 0.0833. The van der Waals surface area contributed by atoms with Crippen molar-refractivity contribution in [1.29, 1.82) is 0 Å². The Bertz CT molecular complexity index is 1440. The number of aromatic nitrogens is 1. The Labute approximate surface area is 199 Å². The van der Waals surface area contributed by atoms with Gasteiger partial charge >= 0.3 is 12.1 Å². The van der Waals surface area contributed by atoms with Crippen molar-refractivity contribution in [3.8, 4) is 11.3 Å². The first-order chi connectivity index (χ1) is 16.5. The Balaban J connectivity index is 1.76. The summed E-state index contributed by atoms with van der Waals surface area (Å²) < 4.78 is 75.0. The van der Waals surface area contributed by atoms with Gasteiger partial charge in [-0.2, -0.15) is 13.2 Å². The van der Waals surface area contributed by atoms with E-state index in [9.17, 15) is 31.5 Å². The van der Waals surface area contributed by atoms with Gasteiger partial charge in [0.1, 0.15) is 22.4 Å². The van der Waals surface area contributed by atoms with Crippen molar-refractivity contribution in [2.75, 3.05) is 12.4 Å². The largest absolute Gasteiger partial charge is 0.465 e. The molecule has 0 saturated carbocycles. The predicted molar refractivity (Wildman–Crippen MR) is 118 cm³/mol. The molecule has 0 spiro atoms. The molecule has 0 aliphatic carbocycles. The number of carbonyl (C=O) groups excluding carboxylic acids is 2. The maximum Gasteiger partial charge on any atom is 0.418 e. The number of methoxy groups -OCH3 is 1. The van der Waals surface area contributed by atoms with E-state index in [2.05, 4.69) is 10.1 Å². The van der Waals surface area contributed by atoms with Gasteiger partial charge in [-0.3, -0.25) is 9.20 Å². The smallest absolute Gasteiger partial charge is 0.418 e. The van der Waals surface area contributed by atoms with Crippen molar-refractivity contribution in [3.63, 3.8) is 0 Å². The number of alkyl halides is 3. The van der Waals surface area contributed by atoms with E-state index < -0.39 is 40.8 Å². The number of amides is 1. The zero-order chi connectivity index (χ0) is 25.5. The van der Waals surface area contributed by atoms with Crippen LogP contribution in [0.15, 0.2) is 60.7 Å². The molecular weight excluding hydrogens is 495 g/mol. The number of benzene rings is 2. The van der Waals surface area contributed by atoms with Gasteiger partial charge in [0.15, 0.2) is 0 Å². The van der Waals surface area contributed by atoms with Crippen molar-refractivity contribution in [3.05, 3.63) is 94.1 Å². The van der Waals surface area contributed by atoms with Crippen LogP contribution in [-0.2, 0) is 10.9 Å². The van der Waals surface area contributed by atoms with E-state index in [0.717, 1.165) is 35.8 Å². The molecule has 2 aromatic carbocycles. The number of halogens is 6. The molecule has 180 valence electrons. The number of nitrogens with zero attached hydrogens (tertiary/aromatic N) is 1. The highest BCUT2D eigenvalue weighted by molar-refractivity contribution is 6.30. The Morgan fingerprint density at radius 1 is 0.971 bits per heavy atom. The second-order valence-electron chi connectivity index (χ2n) is 7.35. The van der Waals surface area contributed by atoms with Crippen molar-refractivity contribution in [2.24, 2.45) is 0 Å². The average Bonchev–Trinajstić information content (AvgIpc) is 3.20. The number of nitrogens with one attached hydrogen (secondary N) is 1. The van der Waals surface area contributed by atoms with Crippen LogP contribution in [0.1, 0.15) is 26.3 Å². The van der Waals surface area contributed by atoms with Crippen molar-refractivity contribution in [1.82, 2.24) is 4.40 Å². The second-order valence-corrected chi connectivity index (χ2v) is 7.74. The lowest BCUT2D eigenvalue weighted by molar-refractivity contribution is -0.137. The summed E-state index contributed by atoms with van der Waals surface area (Å²) in [5.41, 5.74) is -1.94. The van der Waals surface area contributed by atoms with Crippen LogP contribution in [0.2, 0.25) is 5.15 Å². The lowest BCUT2D eigenvalue weighted by Gasteiger charge is -2.13. The molecule has 2 aromatic heterocycles. The fourth-order valence-corrected chi connectivity index (χ4v) is 3.92. The predicted octanol–water partition coefficient (Wildman–Crippen LogP) is 6.60. The van der Waals surface area contributed by atoms with Crippen LogP contribution in [-0.4, -0.2) is 23.4 Å². The first-order valence-electron chi connectivity index (χ1n) is 9.87. The molecule has 1 N–H and O–H groups in total. The number of pyridine rings is 1. The summed E-state index contributed by atoms with van der Waals surface area (Å²) in [7, 11) is 1.13. The molecule has 0 fully saturated rings. The molecule has 0 aliphatic heterocycles. The highest BCUT2D eigenvalue weighted by Crippen LogP contribution is 2.41. The highest BCUT2D eigenvalue weighted by atomic mass is 35.5. The third-order valence-electron chi connectivity index (χ3n) is 5.15. The molecule has 0 aliphatic rings. The molecule has 35 heavy (non-hydrogen) atoms. The molecule has 0 atom stereocenters. The van der Waals surface area contributed by atoms with E-state index in [1.165, 1.54) is 36.4 Å². The maximum absolute atomic E-state index is 13.9. The molecule has 11 heteroatoms. The summed E-state index contributed by atoms with van der Waals surface area (Å²) in [6.45, 7) is 0. The summed E-state index contributed by atoms with van der Waals surface area (Å²) in [6.07, 6.45) is -4.76. The number of esters is 1. The van der Waals surface area contributed by atoms with Crippen LogP contribution in [0, 0.1) is 11.6 Å². The van der Waals surface area contributed by atoms with E-state index in [0.29, 0.717) is 0 Å². The lowest BCUT2D eigenvalue weighted by atomic mass is 10.1. The van der Waals surface area contributed by atoms with Gasteiger partial charge in [0.25, 0.3) is 5.91 Å². The summed E-state index contributed by atoms with van der Waals surface area (Å²) >= 11 is 6.24. The second kappa shape index (κ2) is 9.03. The van der Waals surface area contributed by atoms with Gasteiger partial charge in [0.05, 0.1) is 23.9 Å². The minimum atomic E-state index is -4.76. The number of rotatable bonds is 4. The van der Waals surface area contributed by atoms with E-state index in [1.807, 2.05) is 0 Å². The van der Waals surface area contributed by atoms with Gasteiger partial charge in [-0.05, 0) is 48.0 Å². The molecule has 4 rings (SSSR count). The number of carbonyl (C=O) groups is 2.